The molecule has 0 amide bonds. The maximum Gasteiger partial charge on any atom is 0.0645 e. The summed E-state index contributed by atoms with van der Waals surface area (Å²) in [7, 11) is 0. The molecule has 1 atom stereocenters. The molecule has 0 unspecified atom stereocenters. The van der Waals surface area contributed by atoms with Gasteiger partial charge in [0, 0.05) is 5.92 Å². The quantitative estimate of drug-likeness (QED) is 0.573. The molecule has 1 aliphatic rings. The Kier molecular flexibility index (Phi) is 3.23. The van der Waals surface area contributed by atoms with Crippen LogP contribution in [0.25, 0.3) is 0 Å². The predicted octanol–water partition coefficient (Wildman–Crippen LogP) is 4.08. The second-order valence-electron chi connectivity index (χ2n) is 5.91. The molecule has 1 aromatic rings. The highest BCUT2D eigenvalue weighted by Gasteiger charge is 2.25. The van der Waals surface area contributed by atoms with Crippen molar-refractivity contribution in [1.29, 1.82) is 0 Å². The van der Waals surface area contributed by atoms with Crippen molar-refractivity contribution >= 4 is 5.71 Å². The van der Waals surface area contributed by atoms with E-state index < -0.39 is 0 Å². The van der Waals surface area contributed by atoms with Crippen molar-refractivity contribution in [2.75, 3.05) is 0 Å². The Morgan fingerprint density at radius 1 is 1.18 bits per heavy atom. The highest BCUT2D eigenvalue weighted by molar-refractivity contribution is 5.92. The Morgan fingerprint density at radius 2 is 1.82 bits per heavy atom. The molecular formula is C15H21NO. The van der Waals surface area contributed by atoms with Gasteiger partial charge in [-0.25, -0.2) is 0 Å². The molecule has 17 heavy (non-hydrogen) atoms. The summed E-state index contributed by atoms with van der Waals surface area (Å²) < 4.78 is 0. The first-order chi connectivity index (χ1) is 8.02. The zero-order valence-corrected chi connectivity index (χ0v) is 10.9. The molecule has 1 saturated carbocycles. The van der Waals surface area contributed by atoms with Gasteiger partial charge in [-0.3, -0.25) is 0 Å². The topological polar surface area (TPSA) is 32.6 Å². The van der Waals surface area contributed by atoms with E-state index in [1.54, 1.807) is 0 Å². The van der Waals surface area contributed by atoms with Crippen LogP contribution in [0.1, 0.15) is 57.1 Å². The third-order valence-electron chi connectivity index (χ3n) is 3.64. The first-order valence-corrected chi connectivity index (χ1v) is 6.33. The third kappa shape index (κ3) is 2.51. The van der Waals surface area contributed by atoms with Crippen molar-refractivity contribution in [2.24, 2.45) is 5.16 Å². The standard InChI is InChI=1S/C15H21NO/c1-15(2,3)12-9-7-11(8-10-12)13-5-4-6-14(13)16-17/h7-10,13,17H,4-6H2,1-3H3/t13-/m1/s1. The monoisotopic (exact) mass is 231 g/mol. The second kappa shape index (κ2) is 4.52. The fourth-order valence-corrected chi connectivity index (χ4v) is 2.52. The molecule has 0 spiro atoms. The Morgan fingerprint density at radius 3 is 2.35 bits per heavy atom. The van der Waals surface area contributed by atoms with E-state index in [4.69, 9.17) is 5.21 Å². The van der Waals surface area contributed by atoms with Gasteiger partial charge in [0.25, 0.3) is 0 Å². The predicted molar refractivity (Wildman–Crippen MR) is 71.0 cm³/mol. The van der Waals surface area contributed by atoms with Crippen LogP contribution in [0.4, 0.5) is 0 Å². The lowest BCUT2D eigenvalue weighted by atomic mass is 9.85. The number of hydrogen-bond acceptors (Lipinski definition) is 2. The zero-order chi connectivity index (χ0) is 12.5. The maximum absolute atomic E-state index is 8.97. The molecule has 2 heteroatoms. The molecule has 0 saturated heterocycles. The molecule has 0 heterocycles. The zero-order valence-electron chi connectivity index (χ0n) is 10.9. The van der Waals surface area contributed by atoms with Crippen molar-refractivity contribution < 1.29 is 5.21 Å². The third-order valence-corrected chi connectivity index (χ3v) is 3.64. The van der Waals surface area contributed by atoms with Gasteiger partial charge in [0.2, 0.25) is 0 Å². The molecule has 92 valence electrons. The lowest BCUT2D eigenvalue weighted by Gasteiger charge is -2.20. The second-order valence-corrected chi connectivity index (χ2v) is 5.91. The summed E-state index contributed by atoms with van der Waals surface area (Å²) >= 11 is 0. The molecule has 0 radical (unpaired) electrons. The minimum Gasteiger partial charge on any atom is -0.411 e. The summed E-state index contributed by atoms with van der Waals surface area (Å²) in [6.07, 6.45) is 3.17. The average Bonchev–Trinajstić information content (AvgIpc) is 2.76. The molecular weight excluding hydrogens is 210 g/mol. The smallest absolute Gasteiger partial charge is 0.0645 e. The summed E-state index contributed by atoms with van der Waals surface area (Å²) in [6.45, 7) is 6.66. The lowest BCUT2D eigenvalue weighted by Crippen LogP contribution is -2.11. The molecule has 2 rings (SSSR count). The summed E-state index contributed by atoms with van der Waals surface area (Å²) in [5, 5.41) is 12.4. The van der Waals surface area contributed by atoms with Crippen molar-refractivity contribution in [2.45, 2.75) is 51.4 Å². The number of nitrogens with zero attached hydrogens (tertiary/aromatic N) is 1. The first-order valence-electron chi connectivity index (χ1n) is 6.33. The van der Waals surface area contributed by atoms with Gasteiger partial charge in [-0.05, 0) is 35.8 Å². The molecule has 1 fully saturated rings. The van der Waals surface area contributed by atoms with Gasteiger partial charge in [0.1, 0.15) is 0 Å². The molecule has 1 aliphatic carbocycles. The van der Waals surface area contributed by atoms with E-state index in [-0.39, 0.29) is 5.41 Å². The number of benzene rings is 1. The van der Waals surface area contributed by atoms with Crippen LogP contribution in [0.3, 0.4) is 0 Å². The number of rotatable bonds is 1. The highest BCUT2D eigenvalue weighted by Crippen LogP contribution is 2.33. The van der Waals surface area contributed by atoms with E-state index in [9.17, 15) is 0 Å². The number of oxime groups is 1. The van der Waals surface area contributed by atoms with Gasteiger partial charge >= 0.3 is 0 Å². The van der Waals surface area contributed by atoms with E-state index in [1.165, 1.54) is 11.1 Å². The van der Waals surface area contributed by atoms with Gasteiger partial charge < -0.3 is 5.21 Å². The van der Waals surface area contributed by atoms with Crippen molar-refractivity contribution in [1.82, 2.24) is 0 Å². The van der Waals surface area contributed by atoms with E-state index in [1.807, 2.05) is 0 Å². The van der Waals surface area contributed by atoms with Gasteiger partial charge in [-0.1, -0.05) is 50.2 Å². The largest absolute Gasteiger partial charge is 0.411 e. The molecule has 1 N–H and O–H groups in total. The van der Waals surface area contributed by atoms with Crippen molar-refractivity contribution in [3.8, 4) is 0 Å². The molecule has 0 bridgehead atoms. The Hall–Kier alpha value is -1.31. The van der Waals surface area contributed by atoms with Crippen molar-refractivity contribution in [3.63, 3.8) is 0 Å². The Labute approximate surface area is 103 Å². The summed E-state index contributed by atoms with van der Waals surface area (Å²) in [5.74, 6) is 0.328. The van der Waals surface area contributed by atoms with E-state index in [2.05, 4.69) is 50.2 Å². The van der Waals surface area contributed by atoms with Crippen LogP contribution in [0.15, 0.2) is 29.4 Å². The minimum atomic E-state index is 0.197. The van der Waals surface area contributed by atoms with E-state index in [0.29, 0.717) is 5.92 Å². The average molecular weight is 231 g/mol. The van der Waals surface area contributed by atoms with Gasteiger partial charge in [-0.15, -0.1) is 0 Å². The summed E-state index contributed by atoms with van der Waals surface area (Å²) in [6, 6.07) is 8.76. The lowest BCUT2D eigenvalue weighted by molar-refractivity contribution is 0.316. The van der Waals surface area contributed by atoms with Gasteiger partial charge in [0.15, 0.2) is 0 Å². The van der Waals surface area contributed by atoms with Gasteiger partial charge in [-0.2, -0.15) is 0 Å². The maximum atomic E-state index is 8.97. The van der Waals surface area contributed by atoms with Crippen LogP contribution in [-0.2, 0) is 5.41 Å². The fourth-order valence-electron chi connectivity index (χ4n) is 2.52. The Bertz CT molecular complexity index is 412. The molecule has 1 aromatic carbocycles. The van der Waals surface area contributed by atoms with Crippen LogP contribution in [-0.4, -0.2) is 10.9 Å². The van der Waals surface area contributed by atoms with Crippen LogP contribution in [0.5, 0.6) is 0 Å². The molecule has 0 aliphatic heterocycles. The Balaban J connectivity index is 2.24. The van der Waals surface area contributed by atoms with E-state index in [0.717, 1.165) is 25.0 Å². The van der Waals surface area contributed by atoms with Crippen molar-refractivity contribution in [3.05, 3.63) is 35.4 Å². The first kappa shape index (κ1) is 12.2. The van der Waals surface area contributed by atoms with Crippen LogP contribution < -0.4 is 0 Å². The number of hydrogen-bond donors (Lipinski definition) is 1. The van der Waals surface area contributed by atoms with E-state index >= 15 is 0 Å². The van der Waals surface area contributed by atoms with Crippen LogP contribution >= 0.6 is 0 Å². The summed E-state index contributed by atoms with van der Waals surface area (Å²) in [5.41, 5.74) is 3.76. The highest BCUT2D eigenvalue weighted by atomic mass is 16.4. The fraction of sp³-hybridized carbons (Fsp3) is 0.533. The summed E-state index contributed by atoms with van der Waals surface area (Å²) in [4.78, 5) is 0. The van der Waals surface area contributed by atoms with Gasteiger partial charge in [0.05, 0.1) is 5.71 Å². The SMILES string of the molecule is CC(C)(C)c1ccc([C@H]2CCCC2=NO)cc1. The molecule has 0 aromatic heterocycles. The molecule has 2 nitrogen and oxygen atoms in total. The van der Waals surface area contributed by atoms with Crippen LogP contribution in [0.2, 0.25) is 0 Å². The van der Waals surface area contributed by atoms with Crippen LogP contribution in [0, 0.1) is 0 Å². The normalized spacial score (nSPS) is 23.2. The minimum absolute atomic E-state index is 0.197.